The Morgan fingerprint density at radius 1 is 1.37 bits per heavy atom. The lowest BCUT2D eigenvalue weighted by atomic mass is 10.1. The van der Waals surface area contributed by atoms with Gasteiger partial charge in [0, 0.05) is 36.2 Å². The predicted octanol–water partition coefficient (Wildman–Crippen LogP) is 2.61. The summed E-state index contributed by atoms with van der Waals surface area (Å²) in [4.78, 5) is 0. The van der Waals surface area contributed by atoms with Gasteiger partial charge in [0.2, 0.25) is 0 Å². The first-order valence-electron chi connectivity index (χ1n) is 6.53. The Hall–Kier alpha value is -0.970. The average molecular weight is 288 g/mol. The second-order valence-electron chi connectivity index (χ2n) is 4.20. The van der Waals surface area contributed by atoms with Gasteiger partial charge in [-0.05, 0) is 19.0 Å². The summed E-state index contributed by atoms with van der Waals surface area (Å²) < 4.78 is 11.0. The van der Waals surface area contributed by atoms with E-state index < -0.39 is 0 Å². The van der Waals surface area contributed by atoms with Gasteiger partial charge >= 0.3 is 0 Å². The second kappa shape index (κ2) is 9.02. The van der Waals surface area contributed by atoms with Gasteiger partial charge in [-0.25, -0.2) is 0 Å². The van der Waals surface area contributed by atoms with Crippen molar-refractivity contribution >= 4 is 11.6 Å². The van der Waals surface area contributed by atoms with E-state index in [9.17, 15) is 0 Å². The number of rotatable bonds is 9. The molecule has 0 saturated carbocycles. The maximum Gasteiger partial charge on any atom is 0.165 e. The van der Waals surface area contributed by atoms with Crippen LogP contribution in [0.1, 0.15) is 25.3 Å². The first kappa shape index (κ1) is 16.1. The lowest BCUT2D eigenvalue weighted by Crippen LogP contribution is -2.15. The number of nitrogens with one attached hydrogen (secondary N) is 1. The van der Waals surface area contributed by atoms with Gasteiger partial charge in [-0.3, -0.25) is 0 Å². The normalized spacial score (nSPS) is 10.5. The fourth-order valence-corrected chi connectivity index (χ4v) is 1.94. The minimum atomic E-state index is 0.110. The maximum atomic E-state index is 8.81. The van der Waals surface area contributed by atoms with Gasteiger partial charge in [-0.2, -0.15) is 0 Å². The summed E-state index contributed by atoms with van der Waals surface area (Å²) in [5, 5.41) is 12.8. The van der Waals surface area contributed by atoms with E-state index in [1.165, 1.54) is 0 Å². The molecule has 0 unspecified atom stereocenters. The minimum absolute atomic E-state index is 0.110. The van der Waals surface area contributed by atoms with Crippen LogP contribution in [0.3, 0.4) is 0 Å². The molecule has 0 spiro atoms. The molecular weight excluding hydrogens is 266 g/mol. The Bertz CT molecular complexity index is 385. The van der Waals surface area contributed by atoms with E-state index in [0.29, 0.717) is 36.1 Å². The standard InChI is InChI=1S/C14H22ClNO3/c1-3-5-16-10-11-8-12(15)9-13(18-2)14(11)19-7-4-6-17/h8-9,16-17H,3-7,10H2,1-2H3. The third-order valence-electron chi connectivity index (χ3n) is 2.61. The van der Waals surface area contributed by atoms with Gasteiger partial charge in [-0.15, -0.1) is 0 Å². The highest BCUT2D eigenvalue weighted by Crippen LogP contribution is 2.34. The first-order valence-corrected chi connectivity index (χ1v) is 6.91. The van der Waals surface area contributed by atoms with Crippen molar-refractivity contribution in [2.75, 3.05) is 26.9 Å². The highest BCUT2D eigenvalue weighted by molar-refractivity contribution is 6.30. The van der Waals surface area contributed by atoms with Gasteiger partial charge in [0.1, 0.15) is 0 Å². The monoisotopic (exact) mass is 287 g/mol. The summed E-state index contributed by atoms with van der Waals surface area (Å²) in [5.74, 6) is 1.32. The summed E-state index contributed by atoms with van der Waals surface area (Å²) in [7, 11) is 1.59. The zero-order chi connectivity index (χ0) is 14.1. The van der Waals surface area contributed by atoms with Crippen molar-refractivity contribution < 1.29 is 14.6 Å². The molecule has 0 radical (unpaired) electrons. The van der Waals surface area contributed by atoms with Crippen LogP contribution in [0.25, 0.3) is 0 Å². The molecule has 0 fully saturated rings. The zero-order valence-electron chi connectivity index (χ0n) is 11.5. The number of halogens is 1. The van der Waals surface area contributed by atoms with Crippen molar-refractivity contribution in [3.63, 3.8) is 0 Å². The molecule has 0 atom stereocenters. The summed E-state index contributed by atoms with van der Waals surface area (Å²) in [5.41, 5.74) is 0.968. The van der Waals surface area contributed by atoms with Gasteiger partial charge in [0.15, 0.2) is 11.5 Å². The third-order valence-corrected chi connectivity index (χ3v) is 2.83. The number of aliphatic hydroxyl groups excluding tert-OH is 1. The number of ether oxygens (including phenoxy) is 2. The second-order valence-corrected chi connectivity index (χ2v) is 4.64. The summed E-state index contributed by atoms with van der Waals surface area (Å²) >= 11 is 6.07. The van der Waals surface area contributed by atoms with E-state index in [2.05, 4.69) is 12.2 Å². The fourth-order valence-electron chi connectivity index (χ4n) is 1.71. The van der Waals surface area contributed by atoms with Crippen molar-refractivity contribution in [3.05, 3.63) is 22.7 Å². The molecular formula is C14H22ClNO3. The molecule has 0 aliphatic carbocycles. The van der Waals surface area contributed by atoms with Crippen molar-refractivity contribution in [1.82, 2.24) is 5.32 Å². The summed E-state index contributed by atoms with van der Waals surface area (Å²) in [6, 6.07) is 3.61. The van der Waals surface area contributed by atoms with E-state index >= 15 is 0 Å². The van der Waals surface area contributed by atoms with E-state index in [4.69, 9.17) is 26.2 Å². The Morgan fingerprint density at radius 3 is 2.79 bits per heavy atom. The van der Waals surface area contributed by atoms with Crippen LogP contribution in [0.2, 0.25) is 5.02 Å². The highest BCUT2D eigenvalue weighted by Gasteiger charge is 2.12. The van der Waals surface area contributed by atoms with Crippen LogP contribution in [-0.4, -0.2) is 32.0 Å². The number of benzene rings is 1. The van der Waals surface area contributed by atoms with Crippen LogP contribution in [0, 0.1) is 0 Å². The van der Waals surface area contributed by atoms with E-state index in [0.717, 1.165) is 18.5 Å². The average Bonchev–Trinajstić information content (AvgIpc) is 2.41. The zero-order valence-corrected chi connectivity index (χ0v) is 12.3. The van der Waals surface area contributed by atoms with Gasteiger partial charge in [0.05, 0.1) is 13.7 Å². The van der Waals surface area contributed by atoms with Gasteiger partial charge in [0.25, 0.3) is 0 Å². The van der Waals surface area contributed by atoms with Crippen molar-refractivity contribution in [1.29, 1.82) is 0 Å². The quantitative estimate of drug-likeness (QED) is 0.686. The van der Waals surface area contributed by atoms with E-state index in [1.807, 2.05) is 6.07 Å². The minimum Gasteiger partial charge on any atom is -0.493 e. The van der Waals surface area contributed by atoms with E-state index in [-0.39, 0.29) is 6.61 Å². The van der Waals surface area contributed by atoms with Crippen LogP contribution < -0.4 is 14.8 Å². The molecule has 4 nitrogen and oxygen atoms in total. The van der Waals surface area contributed by atoms with Crippen molar-refractivity contribution in [2.45, 2.75) is 26.3 Å². The molecule has 1 aromatic carbocycles. The SMILES string of the molecule is CCCNCc1cc(Cl)cc(OC)c1OCCCO. The van der Waals surface area contributed by atoms with Crippen LogP contribution in [0.5, 0.6) is 11.5 Å². The molecule has 5 heteroatoms. The highest BCUT2D eigenvalue weighted by atomic mass is 35.5. The maximum absolute atomic E-state index is 8.81. The molecule has 1 aromatic rings. The number of hydrogen-bond acceptors (Lipinski definition) is 4. The molecule has 0 aliphatic rings. The smallest absolute Gasteiger partial charge is 0.165 e. The Kier molecular flexibility index (Phi) is 7.63. The molecule has 0 bridgehead atoms. The lowest BCUT2D eigenvalue weighted by molar-refractivity contribution is 0.226. The molecule has 0 heterocycles. The molecule has 0 saturated heterocycles. The number of hydrogen-bond donors (Lipinski definition) is 2. The van der Waals surface area contributed by atoms with Crippen LogP contribution in [-0.2, 0) is 6.54 Å². The lowest BCUT2D eigenvalue weighted by Gasteiger charge is -2.16. The van der Waals surface area contributed by atoms with Crippen molar-refractivity contribution in [2.24, 2.45) is 0 Å². The molecule has 0 aromatic heterocycles. The predicted molar refractivity (Wildman–Crippen MR) is 77.2 cm³/mol. The number of aliphatic hydroxyl groups is 1. The third kappa shape index (κ3) is 5.27. The van der Waals surface area contributed by atoms with Crippen LogP contribution >= 0.6 is 11.6 Å². The van der Waals surface area contributed by atoms with Crippen LogP contribution in [0.15, 0.2) is 12.1 Å². The molecule has 1 rings (SSSR count). The Labute approximate surface area is 119 Å². The Balaban J connectivity index is 2.86. The molecule has 2 N–H and O–H groups in total. The summed E-state index contributed by atoms with van der Waals surface area (Å²) in [6.07, 6.45) is 1.66. The van der Waals surface area contributed by atoms with Crippen LogP contribution in [0.4, 0.5) is 0 Å². The molecule has 108 valence electrons. The Morgan fingerprint density at radius 2 is 2.16 bits per heavy atom. The first-order chi connectivity index (χ1) is 9.22. The van der Waals surface area contributed by atoms with Gasteiger partial charge < -0.3 is 19.9 Å². The summed E-state index contributed by atoms with van der Waals surface area (Å²) in [6.45, 7) is 4.29. The fraction of sp³-hybridized carbons (Fsp3) is 0.571. The molecule has 19 heavy (non-hydrogen) atoms. The molecule has 0 aliphatic heterocycles. The van der Waals surface area contributed by atoms with Gasteiger partial charge in [-0.1, -0.05) is 18.5 Å². The largest absolute Gasteiger partial charge is 0.493 e. The topological polar surface area (TPSA) is 50.7 Å². The van der Waals surface area contributed by atoms with Crippen molar-refractivity contribution in [3.8, 4) is 11.5 Å². The number of methoxy groups -OCH3 is 1. The molecule has 0 amide bonds. The van der Waals surface area contributed by atoms with E-state index in [1.54, 1.807) is 13.2 Å².